The monoisotopic (exact) mass is 392 g/mol. The molecule has 5 nitrogen and oxygen atoms in total. The molecule has 118 valence electrons. The predicted octanol–water partition coefficient (Wildman–Crippen LogP) is 2.00. The first kappa shape index (κ1) is 18.9. The fraction of sp³-hybridized carbons (Fsp3) is 0.455. The summed E-state index contributed by atoms with van der Waals surface area (Å²) in [5.74, 6) is -0.539. The van der Waals surface area contributed by atoms with Crippen molar-refractivity contribution in [3.05, 3.63) is 23.9 Å². The minimum Gasteiger partial charge on any atom is -0.456 e. The first-order chi connectivity index (χ1) is 9.26. The molecule has 2 N–H and O–H groups in total. The third kappa shape index (κ3) is 3.81. The van der Waals surface area contributed by atoms with Gasteiger partial charge < -0.3 is 10.5 Å². The maximum Gasteiger partial charge on any atom is 0.355 e. The molecule has 0 aliphatic carbocycles. The summed E-state index contributed by atoms with van der Waals surface area (Å²) >= 11 is 18.1. The molecule has 0 bridgehead atoms. The molecule has 1 saturated heterocycles. The van der Waals surface area contributed by atoms with E-state index in [2.05, 4.69) is 6.58 Å². The zero-order valence-corrected chi connectivity index (χ0v) is 14.5. The lowest BCUT2D eigenvalue weighted by Gasteiger charge is -2.48. The zero-order chi connectivity index (χ0) is 15.1. The molecule has 2 aliphatic heterocycles. The summed E-state index contributed by atoms with van der Waals surface area (Å²) in [6.45, 7) is 3.22. The van der Waals surface area contributed by atoms with Crippen LogP contribution in [0.5, 0.6) is 0 Å². The second kappa shape index (κ2) is 6.98. The maximum absolute atomic E-state index is 12.1. The lowest BCUT2D eigenvalue weighted by atomic mass is 10.0. The Kier molecular flexibility index (Phi) is 6.29. The van der Waals surface area contributed by atoms with Gasteiger partial charge in [0.1, 0.15) is 23.7 Å². The number of ether oxygens (including phenoxy) is 1. The van der Waals surface area contributed by atoms with Crippen molar-refractivity contribution >= 4 is 70.8 Å². The highest BCUT2D eigenvalue weighted by Crippen LogP contribution is 2.40. The minimum absolute atomic E-state index is 0. The Hall–Kier alpha value is -0.110. The molecular weight excluding hydrogens is 382 g/mol. The van der Waals surface area contributed by atoms with Crippen molar-refractivity contribution in [3.8, 4) is 0 Å². The molecule has 1 fully saturated rings. The number of β-lactam (4-membered cyclic amide) rings is 1. The topological polar surface area (TPSA) is 72.6 Å². The molecule has 1 amide bonds. The average Bonchev–Trinajstić information content (AvgIpc) is 2.41. The number of thioether (sulfide) groups is 1. The van der Waals surface area contributed by atoms with Crippen LogP contribution in [0.15, 0.2) is 23.9 Å². The van der Waals surface area contributed by atoms with Crippen LogP contribution in [0.3, 0.4) is 0 Å². The number of nitrogens with two attached hydrogens (primary N) is 1. The molecule has 10 heteroatoms. The molecule has 0 unspecified atom stereocenters. The van der Waals surface area contributed by atoms with Crippen LogP contribution in [0.25, 0.3) is 0 Å². The number of carbonyl (C=O) groups excluding carboxylic acids is 2. The molecule has 0 saturated carbocycles. The highest BCUT2D eigenvalue weighted by atomic mass is 35.6. The van der Waals surface area contributed by atoms with Crippen LogP contribution in [0.4, 0.5) is 0 Å². The van der Waals surface area contributed by atoms with Crippen LogP contribution in [-0.2, 0) is 14.3 Å². The molecule has 0 aromatic heterocycles. The minimum atomic E-state index is -1.71. The van der Waals surface area contributed by atoms with E-state index in [0.717, 1.165) is 0 Å². The van der Waals surface area contributed by atoms with Gasteiger partial charge in [0.25, 0.3) is 0 Å². The van der Waals surface area contributed by atoms with Gasteiger partial charge in [0.2, 0.25) is 9.70 Å². The summed E-state index contributed by atoms with van der Waals surface area (Å²) in [7, 11) is 0. The van der Waals surface area contributed by atoms with Gasteiger partial charge in [0.05, 0.1) is 0 Å². The zero-order valence-electron chi connectivity index (χ0n) is 10.6. The van der Waals surface area contributed by atoms with Crippen LogP contribution in [0.1, 0.15) is 0 Å². The van der Waals surface area contributed by atoms with Crippen LogP contribution < -0.4 is 5.73 Å². The molecule has 2 rings (SSSR count). The van der Waals surface area contributed by atoms with E-state index in [-0.39, 0.29) is 29.4 Å². The van der Waals surface area contributed by atoms with Crippen molar-refractivity contribution in [2.45, 2.75) is 15.2 Å². The third-order valence-electron chi connectivity index (χ3n) is 2.85. The van der Waals surface area contributed by atoms with E-state index >= 15 is 0 Å². The Morgan fingerprint density at radius 3 is 2.71 bits per heavy atom. The van der Waals surface area contributed by atoms with Gasteiger partial charge in [-0.15, -0.1) is 24.2 Å². The summed E-state index contributed by atoms with van der Waals surface area (Å²) in [5, 5.41) is -0.262. The summed E-state index contributed by atoms with van der Waals surface area (Å²) in [5.41, 5.74) is 6.42. The number of esters is 1. The van der Waals surface area contributed by atoms with Crippen molar-refractivity contribution in [2.24, 2.45) is 5.73 Å². The number of hydrogen-bond acceptors (Lipinski definition) is 5. The second-order valence-electron chi connectivity index (χ2n) is 4.20. The van der Waals surface area contributed by atoms with Gasteiger partial charge in [0, 0.05) is 5.75 Å². The lowest BCUT2D eigenvalue weighted by molar-refractivity contribution is -0.150. The van der Waals surface area contributed by atoms with Gasteiger partial charge >= 0.3 is 5.97 Å². The molecule has 21 heavy (non-hydrogen) atoms. The summed E-state index contributed by atoms with van der Waals surface area (Å²) < 4.78 is 3.22. The summed E-state index contributed by atoms with van der Waals surface area (Å²) in [4.78, 5) is 25.2. The number of allylic oxidation sites excluding steroid dienone is 1. The fourth-order valence-corrected chi connectivity index (χ4v) is 3.35. The SMILES string of the molecule is C=CC1=C(C(=O)OCC(Cl)(Cl)Cl)N2C(=O)[C@@H](N)[C@H]2SC1.Cl. The van der Waals surface area contributed by atoms with E-state index < -0.39 is 22.4 Å². The van der Waals surface area contributed by atoms with Gasteiger partial charge in [-0.1, -0.05) is 47.5 Å². The van der Waals surface area contributed by atoms with E-state index in [1.54, 1.807) is 0 Å². The van der Waals surface area contributed by atoms with E-state index in [4.69, 9.17) is 45.3 Å². The van der Waals surface area contributed by atoms with Crippen LogP contribution in [-0.4, -0.2) is 44.3 Å². The Morgan fingerprint density at radius 2 is 2.19 bits per heavy atom. The number of nitrogens with zero attached hydrogens (tertiary/aromatic N) is 1. The molecule has 2 atom stereocenters. The van der Waals surface area contributed by atoms with Crippen LogP contribution >= 0.6 is 59.0 Å². The first-order valence-corrected chi connectivity index (χ1v) is 7.74. The molecule has 0 aromatic rings. The Bertz CT molecular complexity index is 506. The van der Waals surface area contributed by atoms with Crippen molar-refractivity contribution < 1.29 is 14.3 Å². The standard InChI is InChI=1S/C11H11Cl3N2O3S.ClH/c1-2-5-3-20-9-6(15)8(17)16(9)7(5)10(18)19-4-11(12,13)14;/h2,6,9H,1,3-4,15H2;1H/t6-,9-;/m1./s1. The smallest absolute Gasteiger partial charge is 0.355 e. The van der Waals surface area contributed by atoms with Crippen molar-refractivity contribution in [3.63, 3.8) is 0 Å². The van der Waals surface area contributed by atoms with Crippen molar-refractivity contribution in [1.29, 1.82) is 0 Å². The van der Waals surface area contributed by atoms with Gasteiger partial charge in [-0.3, -0.25) is 9.69 Å². The third-order valence-corrected chi connectivity index (χ3v) is 4.50. The van der Waals surface area contributed by atoms with Gasteiger partial charge in [-0.25, -0.2) is 4.79 Å². The van der Waals surface area contributed by atoms with E-state index in [1.807, 2.05) is 0 Å². The molecular formula is C11H12Cl4N2O3S. The van der Waals surface area contributed by atoms with Gasteiger partial charge in [0.15, 0.2) is 0 Å². The van der Waals surface area contributed by atoms with Gasteiger partial charge in [-0.2, -0.15) is 0 Å². The molecule has 2 heterocycles. The largest absolute Gasteiger partial charge is 0.456 e. The molecule has 0 aromatic carbocycles. The number of halogens is 4. The number of amides is 1. The summed E-state index contributed by atoms with van der Waals surface area (Å²) in [6, 6.07) is -0.609. The van der Waals surface area contributed by atoms with Crippen molar-refractivity contribution in [1.82, 2.24) is 4.90 Å². The van der Waals surface area contributed by atoms with E-state index in [0.29, 0.717) is 11.3 Å². The number of fused-ring (bicyclic) bond motifs is 1. The molecule has 0 spiro atoms. The van der Waals surface area contributed by atoms with E-state index in [1.165, 1.54) is 22.7 Å². The highest BCUT2D eigenvalue weighted by Gasteiger charge is 2.51. The second-order valence-corrected chi connectivity index (χ2v) is 7.83. The number of alkyl halides is 3. The maximum atomic E-state index is 12.1. The fourth-order valence-electron chi connectivity index (χ4n) is 1.90. The van der Waals surface area contributed by atoms with Gasteiger partial charge in [-0.05, 0) is 5.57 Å². The normalized spacial score (nSPS) is 24.8. The Balaban J connectivity index is 0.00000220. The number of carbonyl (C=O) groups is 2. The predicted molar refractivity (Wildman–Crippen MR) is 86.8 cm³/mol. The van der Waals surface area contributed by atoms with Crippen molar-refractivity contribution in [2.75, 3.05) is 12.4 Å². The average molecular weight is 394 g/mol. The first-order valence-electron chi connectivity index (χ1n) is 5.56. The van der Waals surface area contributed by atoms with Crippen LogP contribution in [0, 0.1) is 0 Å². The van der Waals surface area contributed by atoms with E-state index in [9.17, 15) is 9.59 Å². The molecule has 2 aliphatic rings. The van der Waals surface area contributed by atoms with Crippen LogP contribution in [0.2, 0.25) is 0 Å². The highest BCUT2D eigenvalue weighted by molar-refractivity contribution is 8.00. The number of rotatable bonds is 3. The quantitative estimate of drug-likeness (QED) is 0.451. The summed E-state index contributed by atoms with van der Waals surface area (Å²) in [6.07, 6.45) is 1.51. The Morgan fingerprint density at radius 1 is 1.57 bits per heavy atom. The number of hydrogen-bond donors (Lipinski definition) is 1. The molecule has 0 radical (unpaired) electrons. The Labute approximate surface area is 147 Å². The lowest BCUT2D eigenvalue weighted by Crippen LogP contribution is -2.68.